The summed E-state index contributed by atoms with van der Waals surface area (Å²) in [4.78, 5) is 33.3. The molecule has 156 valence electrons. The average Bonchev–Trinajstić information content (AvgIpc) is 2.68. The fraction of sp³-hybridized carbons (Fsp3) is 0.375. The number of nitrogens with zero attached hydrogens (tertiary/aromatic N) is 3. The third-order valence-electron chi connectivity index (χ3n) is 6.16. The molecule has 0 spiro atoms. The summed E-state index contributed by atoms with van der Waals surface area (Å²) in [7, 11) is 1.83. The van der Waals surface area contributed by atoms with Gasteiger partial charge in [0.25, 0.3) is 5.56 Å². The van der Waals surface area contributed by atoms with Gasteiger partial charge in [0.05, 0.1) is 22.6 Å². The molecule has 1 aromatic heterocycles. The summed E-state index contributed by atoms with van der Waals surface area (Å²) in [5.41, 5.74) is 2.12. The number of aryl methyl sites for hydroxylation is 1. The molecule has 0 aliphatic heterocycles. The van der Waals surface area contributed by atoms with Gasteiger partial charge in [0.15, 0.2) is 0 Å². The van der Waals surface area contributed by atoms with E-state index in [2.05, 4.69) is 0 Å². The van der Waals surface area contributed by atoms with Gasteiger partial charge < -0.3 is 4.90 Å². The molecule has 1 aliphatic carbocycles. The van der Waals surface area contributed by atoms with Crippen molar-refractivity contribution in [3.63, 3.8) is 0 Å². The van der Waals surface area contributed by atoms with Crippen LogP contribution in [0.1, 0.15) is 50.0 Å². The molecule has 1 amide bonds. The minimum Gasteiger partial charge on any atom is -0.335 e. The predicted octanol–water partition coefficient (Wildman–Crippen LogP) is 5.06. The maximum absolute atomic E-state index is 13.6. The molecule has 1 atom stereocenters. The molecule has 3 aromatic rings. The number of aromatic nitrogens is 2. The van der Waals surface area contributed by atoms with Crippen molar-refractivity contribution in [2.45, 2.75) is 45.6 Å². The van der Waals surface area contributed by atoms with Crippen molar-refractivity contribution in [3.8, 4) is 5.69 Å². The molecule has 30 heavy (non-hydrogen) atoms. The van der Waals surface area contributed by atoms with E-state index in [-0.39, 0.29) is 23.4 Å². The molecule has 0 N–H and O–H groups in total. The zero-order valence-electron chi connectivity index (χ0n) is 17.6. The van der Waals surface area contributed by atoms with E-state index in [0.717, 1.165) is 30.5 Å². The molecule has 1 heterocycles. The van der Waals surface area contributed by atoms with Crippen LogP contribution in [0.4, 0.5) is 0 Å². The first-order valence-electron chi connectivity index (χ1n) is 10.5. The highest BCUT2D eigenvalue weighted by Crippen LogP contribution is 2.33. The minimum atomic E-state index is -0.300. The SMILES string of the molecule is CCC(c1nc2ccccc2c(=O)n1-c1ccc(Cl)cc1C)N(C)C(=O)C1CCC1. The lowest BCUT2D eigenvalue weighted by Crippen LogP contribution is -2.40. The monoisotopic (exact) mass is 423 g/mol. The summed E-state index contributed by atoms with van der Waals surface area (Å²) in [5.74, 6) is 0.804. The second-order valence-electron chi connectivity index (χ2n) is 8.06. The van der Waals surface area contributed by atoms with E-state index in [1.165, 1.54) is 0 Å². The molecule has 0 radical (unpaired) electrons. The molecule has 6 heteroatoms. The standard InChI is InChI=1S/C24H26ClN3O2/c1-4-20(27(3)23(29)16-8-7-9-16)22-26-19-11-6-5-10-18(19)24(30)28(22)21-13-12-17(25)14-15(21)2/h5-6,10-14,16,20H,4,7-9H2,1-3H3. The first-order chi connectivity index (χ1) is 14.4. The maximum Gasteiger partial charge on any atom is 0.266 e. The van der Waals surface area contributed by atoms with Gasteiger partial charge in [-0.2, -0.15) is 0 Å². The van der Waals surface area contributed by atoms with Gasteiger partial charge in [0.2, 0.25) is 5.91 Å². The van der Waals surface area contributed by atoms with Crippen LogP contribution in [0, 0.1) is 12.8 Å². The molecule has 0 saturated heterocycles. The van der Waals surface area contributed by atoms with Crippen molar-refractivity contribution in [2.24, 2.45) is 5.92 Å². The first-order valence-corrected chi connectivity index (χ1v) is 10.8. The molecule has 1 unspecified atom stereocenters. The van der Waals surface area contributed by atoms with Gasteiger partial charge >= 0.3 is 0 Å². The Labute approximate surface area is 181 Å². The zero-order chi connectivity index (χ0) is 21.4. The number of fused-ring (bicyclic) bond motifs is 1. The Morgan fingerprint density at radius 2 is 2.00 bits per heavy atom. The summed E-state index contributed by atoms with van der Waals surface area (Å²) in [6.45, 7) is 3.95. The van der Waals surface area contributed by atoms with Crippen LogP contribution in [0.25, 0.3) is 16.6 Å². The van der Waals surface area contributed by atoms with Crippen LogP contribution in [-0.2, 0) is 4.79 Å². The Morgan fingerprint density at radius 1 is 1.27 bits per heavy atom. The maximum atomic E-state index is 13.6. The van der Waals surface area contributed by atoms with Gasteiger partial charge in [-0.3, -0.25) is 14.2 Å². The van der Waals surface area contributed by atoms with Gasteiger partial charge in [0, 0.05) is 18.0 Å². The third-order valence-corrected chi connectivity index (χ3v) is 6.39. The number of para-hydroxylation sites is 1. The molecular weight excluding hydrogens is 398 g/mol. The van der Waals surface area contributed by atoms with Gasteiger partial charge in [-0.15, -0.1) is 0 Å². The number of amides is 1. The van der Waals surface area contributed by atoms with Crippen molar-refractivity contribution in [1.29, 1.82) is 0 Å². The van der Waals surface area contributed by atoms with E-state index in [1.54, 1.807) is 21.6 Å². The highest BCUT2D eigenvalue weighted by molar-refractivity contribution is 6.30. The smallest absolute Gasteiger partial charge is 0.266 e. The van der Waals surface area contributed by atoms with Crippen LogP contribution in [0.5, 0.6) is 0 Å². The number of carbonyl (C=O) groups is 1. The van der Waals surface area contributed by atoms with Gasteiger partial charge in [0.1, 0.15) is 5.82 Å². The number of hydrogen-bond donors (Lipinski definition) is 0. The summed E-state index contributed by atoms with van der Waals surface area (Å²) >= 11 is 6.16. The van der Waals surface area contributed by atoms with Crippen molar-refractivity contribution in [2.75, 3.05) is 7.05 Å². The summed E-state index contributed by atoms with van der Waals surface area (Å²) in [5, 5.41) is 1.17. The van der Waals surface area contributed by atoms with Crippen LogP contribution in [0.2, 0.25) is 5.02 Å². The van der Waals surface area contributed by atoms with Crippen LogP contribution < -0.4 is 5.56 Å². The molecule has 1 fully saturated rings. The first kappa shape index (κ1) is 20.6. The Balaban J connectivity index is 1.95. The highest BCUT2D eigenvalue weighted by Gasteiger charge is 2.33. The fourth-order valence-electron chi connectivity index (χ4n) is 4.20. The van der Waals surface area contributed by atoms with E-state index in [1.807, 2.05) is 51.2 Å². The molecule has 4 rings (SSSR count). The second kappa shape index (κ2) is 8.23. The highest BCUT2D eigenvalue weighted by atomic mass is 35.5. The Kier molecular flexibility index (Phi) is 5.65. The zero-order valence-corrected chi connectivity index (χ0v) is 18.3. The minimum absolute atomic E-state index is 0.0851. The van der Waals surface area contributed by atoms with Crippen molar-refractivity contribution in [3.05, 3.63) is 69.2 Å². The Bertz CT molecular complexity index is 1170. The second-order valence-corrected chi connectivity index (χ2v) is 8.50. The number of benzene rings is 2. The number of rotatable bonds is 5. The van der Waals surface area contributed by atoms with E-state index < -0.39 is 0 Å². The lowest BCUT2D eigenvalue weighted by Gasteiger charge is -2.34. The Morgan fingerprint density at radius 3 is 2.63 bits per heavy atom. The third kappa shape index (κ3) is 3.52. The lowest BCUT2D eigenvalue weighted by molar-refractivity contribution is -0.139. The van der Waals surface area contributed by atoms with Crippen molar-refractivity contribution in [1.82, 2.24) is 14.5 Å². The summed E-state index contributed by atoms with van der Waals surface area (Å²) in [6, 6.07) is 12.5. The van der Waals surface area contributed by atoms with Gasteiger partial charge in [-0.05, 0) is 62.1 Å². The molecule has 2 aromatic carbocycles. The van der Waals surface area contributed by atoms with E-state index in [0.29, 0.717) is 28.2 Å². The quantitative estimate of drug-likeness (QED) is 0.576. The predicted molar refractivity (Wildman–Crippen MR) is 120 cm³/mol. The molecular formula is C24H26ClN3O2. The van der Waals surface area contributed by atoms with E-state index >= 15 is 0 Å². The van der Waals surface area contributed by atoms with Crippen LogP contribution in [0.15, 0.2) is 47.3 Å². The largest absolute Gasteiger partial charge is 0.335 e. The van der Waals surface area contributed by atoms with E-state index in [4.69, 9.17) is 16.6 Å². The summed E-state index contributed by atoms with van der Waals surface area (Å²) < 4.78 is 1.66. The van der Waals surface area contributed by atoms with Crippen LogP contribution in [-0.4, -0.2) is 27.4 Å². The topological polar surface area (TPSA) is 55.2 Å². The number of carbonyl (C=O) groups excluding carboxylic acids is 1. The molecule has 5 nitrogen and oxygen atoms in total. The molecule has 1 saturated carbocycles. The van der Waals surface area contributed by atoms with Crippen molar-refractivity contribution >= 4 is 28.4 Å². The number of halogens is 1. The molecule has 0 bridgehead atoms. The Hall–Kier alpha value is -2.66. The summed E-state index contributed by atoms with van der Waals surface area (Å²) in [6.07, 6.45) is 3.64. The normalized spacial score (nSPS) is 15.1. The molecule has 1 aliphatic rings. The van der Waals surface area contributed by atoms with E-state index in [9.17, 15) is 9.59 Å². The lowest BCUT2D eigenvalue weighted by atomic mass is 9.84. The van der Waals surface area contributed by atoms with Crippen LogP contribution >= 0.6 is 11.6 Å². The van der Waals surface area contributed by atoms with Gasteiger partial charge in [-0.1, -0.05) is 37.1 Å². The van der Waals surface area contributed by atoms with Crippen molar-refractivity contribution < 1.29 is 4.79 Å². The fourth-order valence-corrected chi connectivity index (χ4v) is 4.43. The van der Waals surface area contributed by atoms with Crippen LogP contribution in [0.3, 0.4) is 0 Å². The average molecular weight is 424 g/mol. The van der Waals surface area contributed by atoms with Gasteiger partial charge in [-0.25, -0.2) is 4.98 Å². The number of hydrogen-bond acceptors (Lipinski definition) is 3.